The lowest BCUT2D eigenvalue weighted by molar-refractivity contribution is 0.136. The van der Waals surface area contributed by atoms with Crippen molar-refractivity contribution in [2.24, 2.45) is 16.8 Å². The van der Waals surface area contributed by atoms with Crippen LogP contribution < -0.4 is 5.32 Å². The largest absolute Gasteiger partial charge is 0.385 e. The Balaban J connectivity index is 1.49. The average molecular weight is 580 g/mol. The average Bonchev–Trinajstić information content (AvgIpc) is 3.32. The van der Waals surface area contributed by atoms with Crippen molar-refractivity contribution >= 4 is 23.7 Å². The number of ether oxygens (including phenoxy) is 1. The number of imidazole rings is 1. The molecule has 0 aliphatic carbocycles. The number of aryl methyl sites for hydroxylation is 1. The molecule has 0 spiro atoms. The van der Waals surface area contributed by atoms with E-state index in [0.717, 1.165) is 38.9 Å². The standard InChI is InChI=1S/C32H43F2N7O/c1-20(2)41-23(5)37-31-26(33)17-25(18-28(31)41)30-27(34)19-36-32(39-30)38-29(35-6)10-9-21(3)22(4)24-11-14-40(15-12-24)13-8-16-42-7/h9-10,17-20,22,24H,6,8,11-16H2,1-5,7H3,(H,36,38,39)/b21-9+,29-10+/t22-/m0/s1. The number of allylic oxidation sites excluding steroid dienone is 3. The molecule has 1 aliphatic heterocycles. The summed E-state index contributed by atoms with van der Waals surface area (Å²) in [5.74, 6) is 1.12. The second-order valence-electron chi connectivity index (χ2n) is 11.4. The molecule has 1 atom stereocenters. The molecule has 42 heavy (non-hydrogen) atoms. The summed E-state index contributed by atoms with van der Waals surface area (Å²) in [6.07, 6.45) is 8.35. The number of fused-ring (bicyclic) bond motifs is 1. The minimum Gasteiger partial charge on any atom is -0.385 e. The van der Waals surface area contributed by atoms with Gasteiger partial charge < -0.3 is 19.5 Å². The highest BCUT2D eigenvalue weighted by Crippen LogP contribution is 2.31. The third-order valence-electron chi connectivity index (χ3n) is 8.25. The number of aromatic nitrogens is 4. The molecule has 0 saturated carbocycles. The first kappa shape index (κ1) is 31.4. The summed E-state index contributed by atoms with van der Waals surface area (Å²) in [7, 11) is 1.75. The second-order valence-corrected chi connectivity index (χ2v) is 11.4. The molecule has 4 rings (SSSR count). The molecule has 0 amide bonds. The Labute approximate surface area is 247 Å². The highest BCUT2D eigenvalue weighted by atomic mass is 19.1. The summed E-state index contributed by atoms with van der Waals surface area (Å²) in [6, 6.07) is 3.03. The van der Waals surface area contributed by atoms with E-state index in [9.17, 15) is 4.39 Å². The molecule has 1 fully saturated rings. The summed E-state index contributed by atoms with van der Waals surface area (Å²) < 4.78 is 37.1. The third kappa shape index (κ3) is 7.28. The zero-order valence-electron chi connectivity index (χ0n) is 25.6. The lowest BCUT2D eigenvalue weighted by Crippen LogP contribution is -2.36. The molecule has 1 aromatic carbocycles. The summed E-state index contributed by atoms with van der Waals surface area (Å²) in [5.41, 5.74) is 2.38. The molecule has 10 heteroatoms. The van der Waals surface area contributed by atoms with Gasteiger partial charge in [0.25, 0.3) is 0 Å². The molecule has 3 heterocycles. The molecule has 3 aromatic rings. The van der Waals surface area contributed by atoms with Crippen LogP contribution in [0.1, 0.15) is 58.8 Å². The van der Waals surface area contributed by atoms with Crippen molar-refractivity contribution in [3.63, 3.8) is 0 Å². The van der Waals surface area contributed by atoms with Crippen LogP contribution in [-0.4, -0.2) is 64.5 Å². The van der Waals surface area contributed by atoms with Crippen molar-refractivity contribution in [2.75, 3.05) is 38.7 Å². The van der Waals surface area contributed by atoms with Crippen molar-refractivity contribution in [3.8, 4) is 11.3 Å². The topological polar surface area (TPSA) is 80.5 Å². The lowest BCUT2D eigenvalue weighted by Gasteiger charge is -2.35. The first-order chi connectivity index (χ1) is 20.1. The van der Waals surface area contributed by atoms with Crippen molar-refractivity contribution in [1.82, 2.24) is 24.4 Å². The van der Waals surface area contributed by atoms with Gasteiger partial charge in [0, 0.05) is 31.9 Å². The number of aliphatic imine (C=N–C) groups is 1. The van der Waals surface area contributed by atoms with Gasteiger partial charge in [-0.1, -0.05) is 18.6 Å². The molecular weight excluding hydrogens is 536 g/mol. The highest BCUT2D eigenvalue weighted by Gasteiger charge is 2.24. The molecule has 0 radical (unpaired) electrons. The SMILES string of the molecule is C=N/C(=C\C=C(/C)[C@H](C)C1CCN(CCCOC)CC1)Nc1ncc(F)c(-c2cc(F)c3nc(C)n(C(C)C)c3c2)n1. The number of anilines is 1. The van der Waals surface area contributed by atoms with E-state index in [2.05, 4.69) is 50.7 Å². The highest BCUT2D eigenvalue weighted by molar-refractivity contribution is 5.83. The fraction of sp³-hybridized carbons (Fsp3) is 0.500. The van der Waals surface area contributed by atoms with Crippen LogP contribution >= 0.6 is 0 Å². The zero-order valence-corrected chi connectivity index (χ0v) is 25.6. The number of halogens is 2. The maximum absolute atomic E-state index is 15.0. The number of rotatable bonds is 12. The smallest absolute Gasteiger partial charge is 0.229 e. The van der Waals surface area contributed by atoms with Gasteiger partial charge in [-0.15, -0.1) is 0 Å². The number of nitrogens with one attached hydrogen (secondary N) is 1. The Hall–Kier alpha value is -3.50. The van der Waals surface area contributed by atoms with E-state index in [1.54, 1.807) is 13.2 Å². The van der Waals surface area contributed by atoms with Gasteiger partial charge in [-0.05, 0) is 96.8 Å². The molecule has 226 valence electrons. The monoisotopic (exact) mass is 579 g/mol. The Morgan fingerprint density at radius 2 is 1.90 bits per heavy atom. The van der Waals surface area contributed by atoms with Gasteiger partial charge in [0.15, 0.2) is 11.6 Å². The molecule has 8 nitrogen and oxygen atoms in total. The summed E-state index contributed by atoms with van der Waals surface area (Å²) in [4.78, 5) is 19.4. The van der Waals surface area contributed by atoms with Crippen molar-refractivity contribution < 1.29 is 13.5 Å². The van der Waals surface area contributed by atoms with Crippen LogP contribution in [0.25, 0.3) is 22.3 Å². The maximum atomic E-state index is 15.0. The molecular formula is C32H43F2N7O. The molecule has 1 aliphatic rings. The predicted octanol–water partition coefficient (Wildman–Crippen LogP) is 6.95. The normalized spacial score (nSPS) is 16.4. The minimum atomic E-state index is -0.655. The number of piperidine rings is 1. The van der Waals surface area contributed by atoms with Gasteiger partial charge in [-0.2, -0.15) is 0 Å². The predicted molar refractivity (Wildman–Crippen MR) is 166 cm³/mol. The molecule has 0 unspecified atom stereocenters. The number of likely N-dealkylation sites (tertiary alicyclic amines) is 1. The Kier molecular flexibility index (Phi) is 10.6. The summed E-state index contributed by atoms with van der Waals surface area (Å²) in [6.45, 7) is 18.0. The van der Waals surface area contributed by atoms with Crippen LogP contribution in [0.5, 0.6) is 0 Å². The van der Waals surface area contributed by atoms with Gasteiger partial charge in [-0.3, -0.25) is 0 Å². The van der Waals surface area contributed by atoms with E-state index in [0.29, 0.717) is 34.6 Å². The van der Waals surface area contributed by atoms with Gasteiger partial charge in [-0.25, -0.2) is 28.7 Å². The van der Waals surface area contributed by atoms with Gasteiger partial charge in [0.05, 0.1) is 11.7 Å². The van der Waals surface area contributed by atoms with Crippen LogP contribution in [-0.2, 0) is 4.74 Å². The fourth-order valence-electron chi connectivity index (χ4n) is 5.78. The van der Waals surface area contributed by atoms with Gasteiger partial charge in [0.2, 0.25) is 5.95 Å². The zero-order chi connectivity index (χ0) is 30.4. The van der Waals surface area contributed by atoms with Crippen molar-refractivity contribution in [1.29, 1.82) is 0 Å². The number of benzene rings is 1. The van der Waals surface area contributed by atoms with Crippen molar-refractivity contribution in [2.45, 2.75) is 59.9 Å². The molecule has 0 bridgehead atoms. The number of methoxy groups -OCH3 is 1. The van der Waals surface area contributed by atoms with E-state index < -0.39 is 11.6 Å². The van der Waals surface area contributed by atoms with Gasteiger partial charge >= 0.3 is 0 Å². The number of nitrogens with zero attached hydrogens (tertiary/aromatic N) is 6. The second kappa shape index (κ2) is 14.1. The van der Waals surface area contributed by atoms with Crippen LogP contribution in [0, 0.1) is 30.4 Å². The third-order valence-corrected chi connectivity index (χ3v) is 8.25. The number of hydrogen-bond donors (Lipinski definition) is 1. The van der Waals surface area contributed by atoms with E-state index in [1.807, 2.05) is 37.5 Å². The molecule has 1 saturated heterocycles. The van der Waals surface area contributed by atoms with Crippen LogP contribution in [0.3, 0.4) is 0 Å². The minimum absolute atomic E-state index is 0.0141. The molecule has 2 aromatic heterocycles. The quantitative estimate of drug-likeness (QED) is 0.142. The van der Waals surface area contributed by atoms with E-state index in [-0.39, 0.29) is 23.2 Å². The van der Waals surface area contributed by atoms with Crippen LogP contribution in [0.2, 0.25) is 0 Å². The Morgan fingerprint density at radius 1 is 1.17 bits per heavy atom. The maximum Gasteiger partial charge on any atom is 0.229 e. The number of hydrogen-bond acceptors (Lipinski definition) is 7. The summed E-state index contributed by atoms with van der Waals surface area (Å²) >= 11 is 0. The fourth-order valence-corrected chi connectivity index (χ4v) is 5.78. The summed E-state index contributed by atoms with van der Waals surface area (Å²) in [5, 5.41) is 3.03. The van der Waals surface area contributed by atoms with E-state index in [1.165, 1.54) is 24.5 Å². The van der Waals surface area contributed by atoms with Gasteiger partial charge in [0.1, 0.15) is 22.9 Å². The lowest BCUT2D eigenvalue weighted by atomic mass is 9.81. The first-order valence-electron chi connectivity index (χ1n) is 14.7. The Morgan fingerprint density at radius 3 is 2.57 bits per heavy atom. The van der Waals surface area contributed by atoms with Crippen molar-refractivity contribution in [3.05, 3.63) is 59.3 Å². The van der Waals surface area contributed by atoms with Crippen LogP contribution in [0.4, 0.5) is 14.7 Å². The van der Waals surface area contributed by atoms with E-state index in [4.69, 9.17) is 4.74 Å². The van der Waals surface area contributed by atoms with E-state index >= 15 is 4.39 Å². The van der Waals surface area contributed by atoms with Crippen LogP contribution in [0.15, 0.2) is 46.9 Å². The Bertz CT molecular complexity index is 1450. The first-order valence-corrected chi connectivity index (χ1v) is 14.7. The molecule has 1 N–H and O–H groups in total.